The number of benzene rings is 1. The van der Waals surface area contributed by atoms with Crippen molar-refractivity contribution in [2.45, 2.75) is 27.7 Å². The topological polar surface area (TPSA) is 23.8 Å². The van der Waals surface area contributed by atoms with E-state index in [4.69, 9.17) is 5.26 Å². The lowest BCUT2D eigenvalue weighted by Gasteiger charge is -2.07. The van der Waals surface area contributed by atoms with Gasteiger partial charge in [0, 0.05) is 0 Å². The molecule has 1 aromatic carbocycles. The molecule has 0 aliphatic carbocycles. The van der Waals surface area contributed by atoms with Crippen molar-refractivity contribution in [3.05, 3.63) is 40.5 Å². The first kappa shape index (κ1) is 10.5. The Morgan fingerprint density at radius 3 is 2.36 bits per heavy atom. The molecule has 0 aliphatic rings. The van der Waals surface area contributed by atoms with Crippen LogP contribution in [0.2, 0.25) is 0 Å². The predicted octanol–water partition coefficient (Wildman–Crippen LogP) is 3.62. The van der Waals surface area contributed by atoms with Gasteiger partial charge in [-0.3, -0.25) is 0 Å². The second-order valence-corrected chi connectivity index (χ2v) is 3.81. The largest absolute Gasteiger partial charge is 0.192 e. The van der Waals surface area contributed by atoms with Gasteiger partial charge in [0.1, 0.15) is 0 Å². The minimum Gasteiger partial charge on any atom is -0.192 e. The summed E-state index contributed by atoms with van der Waals surface area (Å²) in [6.45, 7) is 8.03. The Labute approximate surface area is 85.7 Å². The van der Waals surface area contributed by atoms with Gasteiger partial charge < -0.3 is 0 Å². The normalized spacial score (nSPS) is 9.36. The van der Waals surface area contributed by atoms with E-state index >= 15 is 0 Å². The molecule has 0 heterocycles. The van der Waals surface area contributed by atoms with Crippen molar-refractivity contribution in [1.29, 1.82) is 5.26 Å². The Morgan fingerprint density at radius 2 is 1.86 bits per heavy atom. The van der Waals surface area contributed by atoms with Gasteiger partial charge in [0.2, 0.25) is 0 Å². The summed E-state index contributed by atoms with van der Waals surface area (Å²) in [7, 11) is 0. The summed E-state index contributed by atoms with van der Waals surface area (Å²) in [4.78, 5) is 0. The minimum atomic E-state index is 0.797. The fraction of sp³-hybridized carbons (Fsp3) is 0.308. The van der Waals surface area contributed by atoms with Gasteiger partial charge >= 0.3 is 0 Å². The molecule has 1 rings (SSSR count). The van der Waals surface area contributed by atoms with Gasteiger partial charge in [-0.05, 0) is 38.8 Å². The first-order valence-corrected chi connectivity index (χ1v) is 4.71. The second kappa shape index (κ2) is 4.11. The molecule has 1 nitrogen and oxygen atoms in total. The van der Waals surface area contributed by atoms with Gasteiger partial charge in [-0.2, -0.15) is 5.26 Å². The van der Waals surface area contributed by atoms with Gasteiger partial charge in [0.15, 0.2) is 0 Å². The number of nitrogens with zero attached hydrogens (tertiary/aromatic N) is 1. The Morgan fingerprint density at radius 1 is 1.21 bits per heavy atom. The van der Waals surface area contributed by atoms with Crippen LogP contribution in [0.3, 0.4) is 0 Å². The van der Waals surface area contributed by atoms with E-state index in [1.54, 1.807) is 0 Å². The Bertz CT molecular complexity index is 415. The zero-order chi connectivity index (χ0) is 10.7. The maximum Gasteiger partial charge on any atom is 0.0997 e. The molecule has 0 N–H and O–H groups in total. The van der Waals surface area contributed by atoms with E-state index in [9.17, 15) is 0 Å². The van der Waals surface area contributed by atoms with Crippen LogP contribution in [0.15, 0.2) is 23.8 Å². The van der Waals surface area contributed by atoms with E-state index in [0.29, 0.717) is 0 Å². The lowest BCUT2D eigenvalue weighted by atomic mass is 9.96. The molecule has 0 amide bonds. The molecular formula is C13H15N. The highest BCUT2D eigenvalue weighted by molar-refractivity contribution is 5.80. The molecule has 72 valence electrons. The number of rotatable bonds is 1. The van der Waals surface area contributed by atoms with E-state index in [2.05, 4.69) is 24.3 Å². The second-order valence-electron chi connectivity index (χ2n) is 3.81. The number of allylic oxidation sites excluding steroid dienone is 2. The van der Waals surface area contributed by atoms with Crippen LogP contribution in [-0.2, 0) is 0 Å². The van der Waals surface area contributed by atoms with Crippen molar-refractivity contribution in [2.75, 3.05) is 0 Å². The molecule has 0 aromatic heterocycles. The van der Waals surface area contributed by atoms with Crippen LogP contribution in [0.4, 0.5) is 0 Å². The molecule has 0 atom stereocenters. The van der Waals surface area contributed by atoms with Gasteiger partial charge in [0.25, 0.3) is 0 Å². The molecule has 0 saturated heterocycles. The summed E-state index contributed by atoms with van der Waals surface area (Å²) in [5, 5.41) is 9.06. The molecule has 0 saturated carbocycles. The van der Waals surface area contributed by atoms with Crippen LogP contribution in [0.25, 0.3) is 5.57 Å². The average molecular weight is 185 g/mol. The SMILES string of the molecule is CC(C)=C(C#N)c1cc(C)ccc1C. The summed E-state index contributed by atoms with van der Waals surface area (Å²) in [6, 6.07) is 8.46. The zero-order valence-corrected chi connectivity index (χ0v) is 9.18. The lowest BCUT2D eigenvalue weighted by Crippen LogP contribution is -1.90. The average Bonchev–Trinajstić information content (AvgIpc) is 2.11. The van der Waals surface area contributed by atoms with Crippen LogP contribution in [0.5, 0.6) is 0 Å². The maximum absolute atomic E-state index is 9.06. The molecule has 0 bridgehead atoms. The fourth-order valence-electron chi connectivity index (χ4n) is 1.45. The predicted molar refractivity (Wildman–Crippen MR) is 59.8 cm³/mol. The maximum atomic E-state index is 9.06. The van der Waals surface area contributed by atoms with Crippen molar-refractivity contribution in [2.24, 2.45) is 0 Å². The minimum absolute atomic E-state index is 0.797. The molecule has 1 heteroatoms. The van der Waals surface area contributed by atoms with E-state index in [-0.39, 0.29) is 0 Å². The van der Waals surface area contributed by atoms with Gasteiger partial charge in [-0.25, -0.2) is 0 Å². The number of nitriles is 1. The highest BCUT2D eigenvalue weighted by atomic mass is 14.3. The number of hydrogen-bond donors (Lipinski definition) is 0. The van der Waals surface area contributed by atoms with Gasteiger partial charge in [-0.1, -0.05) is 29.3 Å². The van der Waals surface area contributed by atoms with Crippen LogP contribution in [-0.4, -0.2) is 0 Å². The quantitative estimate of drug-likeness (QED) is 0.613. The smallest absolute Gasteiger partial charge is 0.0997 e. The molecule has 14 heavy (non-hydrogen) atoms. The summed E-state index contributed by atoms with van der Waals surface area (Å²) in [5.41, 5.74) is 5.29. The first-order chi connectivity index (χ1) is 6.56. The molecule has 0 unspecified atom stereocenters. The number of aryl methyl sites for hydroxylation is 2. The third-order valence-corrected chi connectivity index (χ3v) is 2.27. The summed E-state index contributed by atoms with van der Waals surface area (Å²) in [5.74, 6) is 0. The fourth-order valence-corrected chi connectivity index (χ4v) is 1.45. The van der Waals surface area contributed by atoms with Crippen LogP contribution >= 0.6 is 0 Å². The van der Waals surface area contributed by atoms with Crippen LogP contribution in [0, 0.1) is 25.2 Å². The lowest BCUT2D eigenvalue weighted by molar-refractivity contribution is 1.33. The molecule has 0 fully saturated rings. The van der Waals surface area contributed by atoms with Crippen LogP contribution in [0.1, 0.15) is 30.5 Å². The molecule has 0 spiro atoms. The van der Waals surface area contributed by atoms with E-state index < -0.39 is 0 Å². The Kier molecular flexibility index (Phi) is 3.09. The van der Waals surface area contributed by atoms with Crippen molar-refractivity contribution in [1.82, 2.24) is 0 Å². The first-order valence-electron chi connectivity index (χ1n) is 4.71. The zero-order valence-electron chi connectivity index (χ0n) is 9.18. The standard InChI is InChI=1S/C13H15N/c1-9(2)13(8-14)12-7-10(3)5-6-11(12)4/h5-7H,1-4H3. The van der Waals surface area contributed by atoms with E-state index in [1.807, 2.05) is 27.7 Å². The molecule has 0 aliphatic heterocycles. The molecule has 0 radical (unpaired) electrons. The Balaban J connectivity index is 3.40. The van der Waals surface area contributed by atoms with E-state index in [1.165, 1.54) is 5.56 Å². The van der Waals surface area contributed by atoms with Crippen molar-refractivity contribution >= 4 is 5.57 Å². The van der Waals surface area contributed by atoms with Crippen molar-refractivity contribution in [3.63, 3.8) is 0 Å². The van der Waals surface area contributed by atoms with Crippen LogP contribution < -0.4 is 0 Å². The summed E-state index contributed by atoms with van der Waals surface area (Å²) < 4.78 is 0. The van der Waals surface area contributed by atoms with Gasteiger partial charge in [-0.15, -0.1) is 0 Å². The van der Waals surface area contributed by atoms with Crippen molar-refractivity contribution < 1.29 is 0 Å². The highest BCUT2D eigenvalue weighted by Crippen LogP contribution is 2.22. The monoisotopic (exact) mass is 185 g/mol. The third kappa shape index (κ3) is 2.03. The molecule has 1 aromatic rings. The summed E-state index contributed by atoms with van der Waals surface area (Å²) >= 11 is 0. The molecular weight excluding hydrogens is 170 g/mol. The number of hydrogen-bond acceptors (Lipinski definition) is 1. The summed E-state index contributed by atoms with van der Waals surface area (Å²) in [6.07, 6.45) is 0. The van der Waals surface area contributed by atoms with Gasteiger partial charge in [0.05, 0.1) is 11.6 Å². The highest BCUT2D eigenvalue weighted by Gasteiger charge is 2.05. The Hall–Kier alpha value is -1.55. The van der Waals surface area contributed by atoms with E-state index in [0.717, 1.165) is 22.3 Å². The third-order valence-electron chi connectivity index (χ3n) is 2.27. The van der Waals surface area contributed by atoms with Crippen molar-refractivity contribution in [3.8, 4) is 6.07 Å².